The molecule has 0 N–H and O–H groups in total. The van der Waals surface area contributed by atoms with Crippen LogP contribution in [0.1, 0.15) is 36.9 Å². The van der Waals surface area contributed by atoms with Crippen molar-refractivity contribution in [1.29, 1.82) is 0 Å². The van der Waals surface area contributed by atoms with Crippen LogP contribution < -0.4 is 4.90 Å². The van der Waals surface area contributed by atoms with Gasteiger partial charge in [-0.15, -0.1) is 0 Å². The number of carbonyl (C=O) groups is 2. The second-order valence-electron chi connectivity index (χ2n) is 8.67. The molecule has 4 rings (SSSR count). The van der Waals surface area contributed by atoms with E-state index in [1.807, 2.05) is 65.5 Å². The number of piperidine rings is 1. The van der Waals surface area contributed by atoms with Crippen LogP contribution in [0.25, 0.3) is 6.08 Å². The number of aromatic nitrogens is 1. The largest absolute Gasteiger partial charge is 0.339 e. The van der Waals surface area contributed by atoms with Gasteiger partial charge in [-0.2, -0.15) is 0 Å². The first-order valence-corrected chi connectivity index (χ1v) is 11.6. The van der Waals surface area contributed by atoms with E-state index in [1.54, 1.807) is 6.08 Å². The van der Waals surface area contributed by atoms with E-state index >= 15 is 0 Å². The molecule has 2 saturated heterocycles. The van der Waals surface area contributed by atoms with Gasteiger partial charge in [0.2, 0.25) is 11.8 Å². The van der Waals surface area contributed by atoms with Crippen LogP contribution >= 0.6 is 0 Å². The highest BCUT2D eigenvalue weighted by Gasteiger charge is 2.24. The molecule has 1 aromatic carbocycles. The monoisotopic (exact) mass is 432 g/mol. The molecule has 0 saturated carbocycles. The van der Waals surface area contributed by atoms with Gasteiger partial charge in [-0.1, -0.05) is 18.2 Å². The number of pyridine rings is 1. The van der Waals surface area contributed by atoms with Gasteiger partial charge in [-0.25, -0.2) is 0 Å². The van der Waals surface area contributed by atoms with Crippen LogP contribution in [0.3, 0.4) is 0 Å². The third kappa shape index (κ3) is 5.62. The van der Waals surface area contributed by atoms with Gasteiger partial charge in [0.05, 0.1) is 0 Å². The lowest BCUT2D eigenvalue weighted by Gasteiger charge is -2.36. The van der Waals surface area contributed by atoms with Crippen LogP contribution in [-0.4, -0.2) is 65.9 Å². The normalized spacial score (nSPS) is 17.9. The molecule has 2 aliphatic rings. The van der Waals surface area contributed by atoms with Crippen LogP contribution in [0.4, 0.5) is 5.69 Å². The summed E-state index contributed by atoms with van der Waals surface area (Å²) >= 11 is 0. The molecule has 0 unspecified atom stereocenters. The number of likely N-dealkylation sites (tertiary alicyclic amines) is 1. The van der Waals surface area contributed by atoms with Crippen LogP contribution in [0, 0.1) is 0 Å². The summed E-state index contributed by atoms with van der Waals surface area (Å²) in [5.74, 6) is 0.226. The minimum absolute atomic E-state index is 0.0377. The van der Waals surface area contributed by atoms with E-state index in [0.29, 0.717) is 6.42 Å². The van der Waals surface area contributed by atoms with E-state index < -0.39 is 0 Å². The van der Waals surface area contributed by atoms with Crippen molar-refractivity contribution >= 4 is 23.6 Å². The van der Waals surface area contributed by atoms with E-state index in [-0.39, 0.29) is 17.9 Å². The maximum Gasteiger partial charge on any atom is 0.246 e. The summed E-state index contributed by atoms with van der Waals surface area (Å²) in [5.41, 5.74) is 3.03. The Kier molecular flexibility index (Phi) is 7.32. The summed E-state index contributed by atoms with van der Waals surface area (Å²) in [6, 6.07) is 14.2. The molecule has 0 bridgehead atoms. The SMILES string of the molecule is CN(C(=O)/C=C/c1ccc(N2CCCC2=O)cc1)C1CCN(CCc2ccccn2)CC1. The van der Waals surface area contributed by atoms with Crippen molar-refractivity contribution in [3.63, 3.8) is 0 Å². The third-order valence-electron chi connectivity index (χ3n) is 6.56. The van der Waals surface area contributed by atoms with Crippen molar-refractivity contribution in [2.45, 2.75) is 38.1 Å². The van der Waals surface area contributed by atoms with Gasteiger partial charge in [0.25, 0.3) is 0 Å². The quantitative estimate of drug-likeness (QED) is 0.630. The lowest BCUT2D eigenvalue weighted by molar-refractivity contribution is -0.127. The van der Waals surface area contributed by atoms with Crippen molar-refractivity contribution < 1.29 is 9.59 Å². The molecule has 168 valence electrons. The molecule has 0 spiro atoms. The predicted octanol–water partition coefficient (Wildman–Crippen LogP) is 3.39. The number of hydrogen-bond donors (Lipinski definition) is 0. The zero-order valence-electron chi connectivity index (χ0n) is 18.8. The minimum atomic E-state index is 0.0377. The number of amides is 2. The van der Waals surface area contributed by atoms with E-state index in [2.05, 4.69) is 16.0 Å². The summed E-state index contributed by atoms with van der Waals surface area (Å²) in [6.07, 6.45) is 9.87. The van der Waals surface area contributed by atoms with Crippen molar-refractivity contribution in [1.82, 2.24) is 14.8 Å². The van der Waals surface area contributed by atoms with E-state index in [4.69, 9.17) is 0 Å². The molecule has 2 fully saturated rings. The number of likely N-dealkylation sites (N-methyl/N-ethyl adjacent to an activating group) is 1. The zero-order valence-corrected chi connectivity index (χ0v) is 18.8. The van der Waals surface area contributed by atoms with E-state index in [9.17, 15) is 9.59 Å². The Balaban J connectivity index is 1.23. The lowest BCUT2D eigenvalue weighted by atomic mass is 10.0. The Morgan fingerprint density at radius 1 is 1.12 bits per heavy atom. The average Bonchev–Trinajstić information content (AvgIpc) is 3.28. The molecule has 2 amide bonds. The fraction of sp³-hybridized carbons (Fsp3) is 0.423. The van der Waals surface area contributed by atoms with Gasteiger partial charge in [0.15, 0.2) is 0 Å². The summed E-state index contributed by atoms with van der Waals surface area (Å²) in [7, 11) is 1.91. The Labute approximate surface area is 190 Å². The van der Waals surface area contributed by atoms with E-state index in [1.165, 1.54) is 0 Å². The summed E-state index contributed by atoms with van der Waals surface area (Å²) in [6.45, 7) is 3.82. The van der Waals surface area contributed by atoms with Crippen LogP contribution in [-0.2, 0) is 16.0 Å². The maximum absolute atomic E-state index is 12.7. The zero-order chi connectivity index (χ0) is 22.3. The smallest absolute Gasteiger partial charge is 0.246 e. The van der Waals surface area contributed by atoms with Gasteiger partial charge in [-0.05, 0) is 55.2 Å². The molecule has 3 heterocycles. The summed E-state index contributed by atoms with van der Waals surface area (Å²) in [5, 5.41) is 0. The van der Waals surface area contributed by atoms with Crippen molar-refractivity contribution in [2.24, 2.45) is 0 Å². The molecule has 1 aromatic heterocycles. The number of nitrogens with zero attached hydrogens (tertiary/aromatic N) is 4. The molecule has 6 nitrogen and oxygen atoms in total. The van der Waals surface area contributed by atoms with Gasteiger partial charge in [0.1, 0.15) is 0 Å². The highest BCUT2D eigenvalue weighted by Crippen LogP contribution is 2.22. The van der Waals surface area contributed by atoms with Gasteiger partial charge in [-0.3, -0.25) is 14.6 Å². The first-order valence-electron chi connectivity index (χ1n) is 11.6. The fourth-order valence-corrected chi connectivity index (χ4v) is 4.50. The lowest BCUT2D eigenvalue weighted by Crippen LogP contribution is -2.45. The molecule has 2 aromatic rings. The summed E-state index contributed by atoms with van der Waals surface area (Å²) < 4.78 is 0. The molecular formula is C26H32N4O2. The Bertz CT molecular complexity index is 934. The van der Waals surface area contributed by atoms with Crippen molar-refractivity contribution in [3.8, 4) is 0 Å². The molecule has 32 heavy (non-hydrogen) atoms. The van der Waals surface area contributed by atoms with Crippen LogP contribution in [0.2, 0.25) is 0 Å². The standard InChI is InChI=1S/C26H32N4O2/c1-28(23-14-19-29(20-15-23)18-13-22-5-2-3-16-27-22)25(31)12-9-21-7-10-24(11-8-21)30-17-4-6-26(30)32/h2-3,5,7-12,16,23H,4,6,13-15,17-20H2,1H3/b12-9+. The Morgan fingerprint density at radius 3 is 2.56 bits per heavy atom. The first kappa shape index (κ1) is 22.2. The molecular weight excluding hydrogens is 400 g/mol. The number of anilines is 1. The van der Waals surface area contributed by atoms with Crippen LogP contribution in [0.5, 0.6) is 0 Å². The molecule has 0 radical (unpaired) electrons. The highest BCUT2D eigenvalue weighted by molar-refractivity contribution is 5.95. The van der Waals surface area contributed by atoms with Gasteiger partial charge >= 0.3 is 0 Å². The van der Waals surface area contributed by atoms with Crippen molar-refractivity contribution in [3.05, 3.63) is 66.0 Å². The Hall–Kier alpha value is -2.99. The van der Waals surface area contributed by atoms with Crippen LogP contribution in [0.15, 0.2) is 54.7 Å². The second-order valence-corrected chi connectivity index (χ2v) is 8.67. The fourth-order valence-electron chi connectivity index (χ4n) is 4.50. The van der Waals surface area contributed by atoms with E-state index in [0.717, 1.165) is 68.8 Å². The summed E-state index contributed by atoms with van der Waals surface area (Å²) in [4.78, 5) is 35.1. The highest BCUT2D eigenvalue weighted by atomic mass is 16.2. The number of benzene rings is 1. The molecule has 0 atom stereocenters. The molecule has 0 aliphatic carbocycles. The van der Waals surface area contributed by atoms with Gasteiger partial charge < -0.3 is 14.7 Å². The second kappa shape index (κ2) is 10.6. The van der Waals surface area contributed by atoms with Crippen molar-refractivity contribution in [2.75, 3.05) is 38.1 Å². The Morgan fingerprint density at radius 2 is 1.91 bits per heavy atom. The topological polar surface area (TPSA) is 56.8 Å². The average molecular weight is 433 g/mol. The molecule has 2 aliphatic heterocycles. The number of carbonyl (C=O) groups excluding carboxylic acids is 2. The maximum atomic E-state index is 12.7. The minimum Gasteiger partial charge on any atom is -0.339 e. The first-order chi connectivity index (χ1) is 15.6. The van der Waals surface area contributed by atoms with Gasteiger partial charge in [0, 0.05) is 75.8 Å². The predicted molar refractivity (Wildman–Crippen MR) is 127 cm³/mol. The number of hydrogen-bond acceptors (Lipinski definition) is 4. The third-order valence-corrected chi connectivity index (χ3v) is 6.56. The number of rotatable bonds is 7. The molecule has 6 heteroatoms.